The minimum Gasteiger partial charge on any atom is -0.395 e. The van der Waals surface area contributed by atoms with E-state index in [1.165, 1.54) is 43.3 Å². The number of hydrogen-bond donors (Lipinski definition) is 1. The number of aliphatic hydroxyl groups excluding tert-OH is 1. The first kappa shape index (κ1) is 14.7. The van der Waals surface area contributed by atoms with Crippen molar-refractivity contribution < 1.29 is 9.90 Å². The highest BCUT2D eigenvalue weighted by molar-refractivity contribution is 5.91. The number of ketones is 1. The molecular formula is C20H28O2. The maximum atomic E-state index is 11.8. The summed E-state index contributed by atoms with van der Waals surface area (Å²) < 4.78 is 0. The largest absolute Gasteiger partial charge is 0.395 e. The van der Waals surface area contributed by atoms with E-state index >= 15 is 0 Å². The third-order valence-corrected chi connectivity index (χ3v) is 7.92. The zero-order chi connectivity index (χ0) is 15.5. The van der Waals surface area contributed by atoms with E-state index < -0.39 is 0 Å². The third-order valence-electron chi connectivity index (χ3n) is 7.92. The molecule has 0 aromatic heterocycles. The van der Waals surface area contributed by atoms with Gasteiger partial charge in [0.2, 0.25) is 0 Å². The van der Waals surface area contributed by atoms with Crippen molar-refractivity contribution in [3.05, 3.63) is 23.8 Å². The van der Waals surface area contributed by atoms with Crippen molar-refractivity contribution in [2.75, 3.05) is 6.61 Å². The second kappa shape index (κ2) is 4.80. The van der Waals surface area contributed by atoms with Gasteiger partial charge < -0.3 is 5.11 Å². The number of allylic oxidation sites excluding steroid dienone is 1. The van der Waals surface area contributed by atoms with Gasteiger partial charge in [0.15, 0.2) is 5.78 Å². The fourth-order valence-electron chi connectivity index (χ4n) is 6.56. The Morgan fingerprint density at radius 2 is 2.00 bits per heavy atom. The highest BCUT2D eigenvalue weighted by Crippen LogP contribution is 2.66. The zero-order valence-corrected chi connectivity index (χ0v) is 13.7. The van der Waals surface area contributed by atoms with Gasteiger partial charge in [-0.1, -0.05) is 24.6 Å². The molecule has 3 fully saturated rings. The molecule has 0 radical (unpaired) electrons. The molecule has 120 valence electrons. The second-order valence-electron chi connectivity index (χ2n) is 8.46. The molecule has 2 nitrogen and oxygen atoms in total. The quantitative estimate of drug-likeness (QED) is 0.742. The lowest BCUT2D eigenvalue weighted by molar-refractivity contribution is -0.118. The Kier molecular flexibility index (Phi) is 3.21. The Bertz CT molecular complexity index is 560. The number of rotatable bonds is 1. The maximum absolute atomic E-state index is 11.8. The number of hydrogen-bond acceptors (Lipinski definition) is 2. The second-order valence-corrected chi connectivity index (χ2v) is 8.46. The van der Waals surface area contributed by atoms with Crippen molar-refractivity contribution in [1.82, 2.24) is 0 Å². The summed E-state index contributed by atoms with van der Waals surface area (Å²) in [5.41, 5.74) is 2.99. The van der Waals surface area contributed by atoms with E-state index in [0.717, 1.165) is 24.7 Å². The SMILES string of the molecule is C=C1CCC2C3CCC4=CC(=O)CC[C@]4(CO)C3CC[C@]12C. The summed E-state index contributed by atoms with van der Waals surface area (Å²) in [5.74, 6) is 2.32. The third kappa shape index (κ3) is 1.73. The number of aliphatic hydroxyl groups is 1. The molecule has 0 aromatic carbocycles. The molecule has 1 N–H and O–H groups in total. The Morgan fingerprint density at radius 1 is 1.18 bits per heavy atom. The van der Waals surface area contributed by atoms with Gasteiger partial charge in [-0.3, -0.25) is 4.79 Å². The molecule has 4 rings (SSSR count). The highest BCUT2D eigenvalue weighted by atomic mass is 16.3. The van der Waals surface area contributed by atoms with Crippen molar-refractivity contribution in [2.45, 2.75) is 58.3 Å². The van der Waals surface area contributed by atoms with Crippen molar-refractivity contribution >= 4 is 5.78 Å². The zero-order valence-electron chi connectivity index (χ0n) is 13.7. The highest BCUT2D eigenvalue weighted by Gasteiger charge is 2.58. The van der Waals surface area contributed by atoms with Crippen LogP contribution in [0.2, 0.25) is 0 Å². The summed E-state index contributed by atoms with van der Waals surface area (Å²) in [4.78, 5) is 11.8. The molecule has 22 heavy (non-hydrogen) atoms. The van der Waals surface area contributed by atoms with Crippen LogP contribution in [-0.4, -0.2) is 17.5 Å². The van der Waals surface area contributed by atoms with Gasteiger partial charge in [-0.2, -0.15) is 0 Å². The van der Waals surface area contributed by atoms with Crippen molar-refractivity contribution in [3.8, 4) is 0 Å². The molecule has 3 saturated carbocycles. The molecule has 4 aliphatic rings. The summed E-state index contributed by atoms with van der Waals surface area (Å²) in [6, 6.07) is 0. The smallest absolute Gasteiger partial charge is 0.155 e. The minimum absolute atomic E-state index is 0.0813. The summed E-state index contributed by atoms with van der Waals surface area (Å²) in [5, 5.41) is 10.3. The number of carbonyl (C=O) groups excluding carboxylic acids is 1. The fraction of sp³-hybridized carbons (Fsp3) is 0.750. The van der Waals surface area contributed by atoms with Crippen molar-refractivity contribution in [1.29, 1.82) is 0 Å². The molecule has 0 aromatic rings. The summed E-state index contributed by atoms with van der Waals surface area (Å²) in [6.07, 6.45) is 10.5. The van der Waals surface area contributed by atoms with Crippen LogP contribution in [0.15, 0.2) is 23.8 Å². The lowest BCUT2D eigenvalue weighted by Gasteiger charge is -2.58. The van der Waals surface area contributed by atoms with E-state index in [1.807, 2.05) is 6.08 Å². The van der Waals surface area contributed by atoms with Crippen molar-refractivity contribution in [2.24, 2.45) is 28.6 Å². The van der Waals surface area contributed by atoms with Crippen LogP contribution in [-0.2, 0) is 4.79 Å². The van der Waals surface area contributed by atoms with E-state index in [0.29, 0.717) is 17.8 Å². The first-order chi connectivity index (χ1) is 10.5. The fourth-order valence-corrected chi connectivity index (χ4v) is 6.56. The van der Waals surface area contributed by atoms with Gasteiger partial charge >= 0.3 is 0 Å². The minimum atomic E-state index is -0.0813. The molecule has 0 heterocycles. The van der Waals surface area contributed by atoms with E-state index in [1.54, 1.807) is 0 Å². The van der Waals surface area contributed by atoms with Crippen LogP contribution in [0.3, 0.4) is 0 Å². The van der Waals surface area contributed by atoms with Crippen LogP contribution < -0.4 is 0 Å². The lowest BCUT2D eigenvalue weighted by atomic mass is 9.47. The Hall–Kier alpha value is -0.890. The molecule has 0 saturated heterocycles. The lowest BCUT2D eigenvalue weighted by Crippen LogP contribution is -2.52. The molecule has 5 atom stereocenters. The molecule has 4 aliphatic carbocycles. The number of carbonyl (C=O) groups is 1. The first-order valence-electron chi connectivity index (χ1n) is 9.04. The van der Waals surface area contributed by atoms with Crippen LogP contribution in [0.25, 0.3) is 0 Å². The van der Waals surface area contributed by atoms with Gasteiger partial charge in [0, 0.05) is 11.8 Å². The van der Waals surface area contributed by atoms with Gasteiger partial charge in [-0.15, -0.1) is 0 Å². The first-order valence-corrected chi connectivity index (χ1v) is 9.04. The Labute approximate surface area is 133 Å². The van der Waals surface area contributed by atoms with Gasteiger partial charge in [-0.25, -0.2) is 0 Å². The van der Waals surface area contributed by atoms with E-state index in [4.69, 9.17) is 0 Å². The van der Waals surface area contributed by atoms with Crippen molar-refractivity contribution in [3.63, 3.8) is 0 Å². The molecule has 0 bridgehead atoms. The van der Waals surface area contributed by atoms with Crippen LogP contribution in [0, 0.1) is 28.6 Å². The average Bonchev–Trinajstić information content (AvgIpc) is 2.82. The maximum Gasteiger partial charge on any atom is 0.155 e. The monoisotopic (exact) mass is 300 g/mol. The van der Waals surface area contributed by atoms with Crippen LogP contribution in [0.4, 0.5) is 0 Å². The van der Waals surface area contributed by atoms with Crippen LogP contribution >= 0.6 is 0 Å². The predicted molar refractivity (Wildman–Crippen MR) is 87.3 cm³/mol. The summed E-state index contributed by atoms with van der Waals surface area (Å²) >= 11 is 0. The summed E-state index contributed by atoms with van der Waals surface area (Å²) in [7, 11) is 0. The van der Waals surface area contributed by atoms with Gasteiger partial charge in [-0.05, 0) is 74.2 Å². The standard InChI is InChI=1S/C20H28O2/c1-13-3-6-17-16-5-4-14-11-15(22)7-10-20(14,12-21)18(16)8-9-19(13,17)2/h11,16-18,21H,1,3-10,12H2,2H3/t16?,17?,18?,19-,20-/m1/s1. The van der Waals surface area contributed by atoms with Crippen LogP contribution in [0.1, 0.15) is 58.3 Å². The van der Waals surface area contributed by atoms with E-state index in [9.17, 15) is 9.90 Å². The molecule has 0 aliphatic heterocycles. The normalized spacial score (nSPS) is 47.5. The van der Waals surface area contributed by atoms with Gasteiger partial charge in [0.1, 0.15) is 0 Å². The van der Waals surface area contributed by atoms with E-state index in [-0.39, 0.29) is 17.8 Å². The molecule has 0 amide bonds. The predicted octanol–water partition coefficient (Wildman–Crippen LogP) is 4.05. The molecule has 2 heteroatoms. The average molecular weight is 300 g/mol. The van der Waals surface area contributed by atoms with Gasteiger partial charge in [0.25, 0.3) is 0 Å². The van der Waals surface area contributed by atoms with E-state index in [2.05, 4.69) is 13.5 Å². The Morgan fingerprint density at radius 3 is 2.77 bits per heavy atom. The van der Waals surface area contributed by atoms with Gasteiger partial charge in [0.05, 0.1) is 6.61 Å². The molecule has 3 unspecified atom stereocenters. The molecule has 0 spiro atoms. The summed E-state index contributed by atoms with van der Waals surface area (Å²) in [6.45, 7) is 7.04. The Balaban J connectivity index is 1.73. The number of fused-ring (bicyclic) bond motifs is 5. The van der Waals surface area contributed by atoms with Crippen LogP contribution in [0.5, 0.6) is 0 Å². The topological polar surface area (TPSA) is 37.3 Å². The molecular weight excluding hydrogens is 272 g/mol.